The third kappa shape index (κ3) is 3.18. The highest BCUT2D eigenvalue weighted by Crippen LogP contribution is 2.37. The molecule has 26 heavy (non-hydrogen) atoms. The number of anilines is 1. The number of hydrogen-bond acceptors (Lipinski definition) is 5. The first-order valence-electron chi connectivity index (χ1n) is 8.69. The van der Waals surface area contributed by atoms with E-state index in [9.17, 15) is 0 Å². The molecule has 6 nitrogen and oxygen atoms in total. The van der Waals surface area contributed by atoms with E-state index in [4.69, 9.17) is 11.6 Å². The number of benzene rings is 1. The highest BCUT2D eigenvalue weighted by Gasteiger charge is 2.27. The summed E-state index contributed by atoms with van der Waals surface area (Å²) in [5, 5.41) is 8.60. The molecule has 0 saturated carbocycles. The van der Waals surface area contributed by atoms with Crippen molar-refractivity contribution in [2.45, 2.75) is 13.0 Å². The molecule has 3 heterocycles. The van der Waals surface area contributed by atoms with Crippen LogP contribution in [0.25, 0.3) is 22.5 Å². The molecular formula is C19H21ClN6. The van der Waals surface area contributed by atoms with Gasteiger partial charge in [-0.15, -0.1) is 0 Å². The van der Waals surface area contributed by atoms with Crippen LogP contribution in [0.1, 0.15) is 6.92 Å². The fourth-order valence-electron chi connectivity index (χ4n) is 3.31. The summed E-state index contributed by atoms with van der Waals surface area (Å²) < 4.78 is 0. The molecule has 1 unspecified atom stereocenters. The van der Waals surface area contributed by atoms with Crippen molar-refractivity contribution in [1.82, 2.24) is 25.1 Å². The van der Waals surface area contributed by atoms with E-state index < -0.39 is 0 Å². The number of aromatic nitrogens is 4. The number of likely N-dealkylation sites (N-methyl/N-ethyl adjacent to an activating group) is 1. The number of halogens is 1. The number of nitrogens with zero attached hydrogens (tertiary/aromatic N) is 5. The van der Waals surface area contributed by atoms with Gasteiger partial charge in [-0.3, -0.25) is 5.10 Å². The molecular weight excluding hydrogens is 348 g/mol. The normalized spacial score (nSPS) is 18.3. The first-order valence-corrected chi connectivity index (χ1v) is 9.07. The lowest BCUT2D eigenvalue weighted by Crippen LogP contribution is -2.50. The number of hydrogen-bond donors (Lipinski definition) is 1. The van der Waals surface area contributed by atoms with Gasteiger partial charge in [-0.25, -0.2) is 9.97 Å². The van der Waals surface area contributed by atoms with Gasteiger partial charge in [-0.05, 0) is 32.2 Å². The maximum absolute atomic E-state index is 6.05. The van der Waals surface area contributed by atoms with Crippen molar-refractivity contribution < 1.29 is 0 Å². The molecule has 7 heteroatoms. The number of nitrogens with one attached hydrogen (secondary N) is 1. The molecule has 0 aliphatic carbocycles. The van der Waals surface area contributed by atoms with Gasteiger partial charge in [0.25, 0.3) is 0 Å². The Hall–Kier alpha value is -2.44. The molecule has 1 fully saturated rings. The second-order valence-corrected chi connectivity index (χ2v) is 7.11. The van der Waals surface area contributed by atoms with Crippen molar-refractivity contribution >= 4 is 17.4 Å². The second-order valence-electron chi connectivity index (χ2n) is 6.67. The van der Waals surface area contributed by atoms with Gasteiger partial charge in [0.1, 0.15) is 6.33 Å². The van der Waals surface area contributed by atoms with Crippen LogP contribution in [-0.4, -0.2) is 57.8 Å². The highest BCUT2D eigenvalue weighted by molar-refractivity contribution is 6.30. The van der Waals surface area contributed by atoms with Crippen LogP contribution in [0.4, 0.5) is 5.82 Å². The summed E-state index contributed by atoms with van der Waals surface area (Å²) in [6, 6.07) is 10.2. The van der Waals surface area contributed by atoms with E-state index in [1.807, 2.05) is 30.3 Å². The van der Waals surface area contributed by atoms with Crippen LogP contribution in [-0.2, 0) is 0 Å². The molecule has 0 spiro atoms. The van der Waals surface area contributed by atoms with Crippen molar-refractivity contribution in [3.8, 4) is 22.5 Å². The lowest BCUT2D eigenvalue weighted by molar-refractivity contribution is 0.233. The topological polar surface area (TPSA) is 60.9 Å². The summed E-state index contributed by atoms with van der Waals surface area (Å²) in [5.41, 5.74) is 3.85. The molecule has 1 aromatic carbocycles. The Labute approximate surface area is 157 Å². The molecule has 1 saturated heterocycles. The van der Waals surface area contributed by atoms with Gasteiger partial charge >= 0.3 is 0 Å². The van der Waals surface area contributed by atoms with E-state index in [0.717, 1.165) is 48.0 Å². The Morgan fingerprint density at radius 3 is 2.65 bits per heavy atom. The Morgan fingerprint density at radius 2 is 1.96 bits per heavy atom. The van der Waals surface area contributed by atoms with Gasteiger partial charge in [0, 0.05) is 42.5 Å². The van der Waals surface area contributed by atoms with E-state index in [1.165, 1.54) is 0 Å². The van der Waals surface area contributed by atoms with Crippen LogP contribution in [0, 0.1) is 0 Å². The SMILES string of the molecule is CC1CN(c2n[nH]c(-c3ccc(Cl)cc3)c2-c2ccncn2)CCN1C. The van der Waals surface area contributed by atoms with Gasteiger partial charge in [0.05, 0.1) is 17.0 Å². The summed E-state index contributed by atoms with van der Waals surface area (Å²) in [6.07, 6.45) is 3.34. The van der Waals surface area contributed by atoms with Crippen LogP contribution < -0.4 is 4.90 Å². The number of rotatable bonds is 3. The van der Waals surface area contributed by atoms with Crippen LogP contribution >= 0.6 is 11.6 Å². The average Bonchev–Trinajstić information content (AvgIpc) is 3.10. The number of piperazine rings is 1. The number of aromatic amines is 1. The van der Waals surface area contributed by atoms with Crippen molar-refractivity contribution in [3.63, 3.8) is 0 Å². The summed E-state index contributed by atoms with van der Waals surface area (Å²) in [6.45, 7) is 5.11. The lowest BCUT2D eigenvalue weighted by atomic mass is 10.0. The van der Waals surface area contributed by atoms with E-state index >= 15 is 0 Å². The number of H-pyrrole nitrogens is 1. The summed E-state index contributed by atoms with van der Waals surface area (Å²) in [4.78, 5) is 13.2. The molecule has 134 valence electrons. The molecule has 0 radical (unpaired) electrons. The molecule has 1 aliphatic heterocycles. The molecule has 1 atom stereocenters. The van der Waals surface area contributed by atoms with E-state index in [0.29, 0.717) is 11.1 Å². The largest absolute Gasteiger partial charge is 0.352 e. The van der Waals surface area contributed by atoms with Crippen molar-refractivity contribution in [3.05, 3.63) is 47.9 Å². The smallest absolute Gasteiger partial charge is 0.160 e. The third-order valence-corrected chi connectivity index (χ3v) is 5.23. The fourth-order valence-corrected chi connectivity index (χ4v) is 3.43. The minimum Gasteiger partial charge on any atom is -0.352 e. The Kier molecular flexibility index (Phi) is 4.61. The van der Waals surface area contributed by atoms with Crippen molar-refractivity contribution in [2.24, 2.45) is 0 Å². The van der Waals surface area contributed by atoms with Gasteiger partial charge < -0.3 is 9.80 Å². The monoisotopic (exact) mass is 368 g/mol. The predicted octanol–water partition coefficient (Wildman–Crippen LogP) is 3.33. The molecule has 3 aromatic rings. The summed E-state index contributed by atoms with van der Waals surface area (Å²) in [7, 11) is 2.16. The molecule has 0 amide bonds. The molecule has 2 aromatic heterocycles. The van der Waals surface area contributed by atoms with E-state index in [-0.39, 0.29) is 0 Å². The standard InChI is InChI=1S/C19H21ClN6/c1-13-11-26(10-9-25(13)2)19-17(16-7-8-21-12-22-16)18(23-24-19)14-3-5-15(20)6-4-14/h3-8,12-13H,9-11H2,1-2H3,(H,23,24). The minimum absolute atomic E-state index is 0.470. The first kappa shape index (κ1) is 17.0. The highest BCUT2D eigenvalue weighted by atomic mass is 35.5. The maximum Gasteiger partial charge on any atom is 0.160 e. The minimum atomic E-state index is 0.470. The molecule has 1 aliphatic rings. The molecule has 0 bridgehead atoms. The quantitative estimate of drug-likeness (QED) is 0.768. The van der Waals surface area contributed by atoms with Crippen LogP contribution in [0.2, 0.25) is 5.02 Å². The van der Waals surface area contributed by atoms with Gasteiger partial charge in [0.2, 0.25) is 0 Å². The van der Waals surface area contributed by atoms with Crippen LogP contribution in [0.5, 0.6) is 0 Å². The molecule has 4 rings (SSSR count). The summed E-state index contributed by atoms with van der Waals surface area (Å²) >= 11 is 6.05. The third-order valence-electron chi connectivity index (χ3n) is 4.98. The zero-order valence-corrected chi connectivity index (χ0v) is 15.6. The second kappa shape index (κ2) is 7.05. The van der Waals surface area contributed by atoms with Crippen LogP contribution in [0.3, 0.4) is 0 Å². The first-order chi connectivity index (χ1) is 12.6. The van der Waals surface area contributed by atoms with Gasteiger partial charge in [-0.2, -0.15) is 5.10 Å². The maximum atomic E-state index is 6.05. The Morgan fingerprint density at radius 1 is 1.15 bits per heavy atom. The molecule has 1 N–H and O–H groups in total. The zero-order chi connectivity index (χ0) is 18.1. The van der Waals surface area contributed by atoms with Crippen molar-refractivity contribution in [1.29, 1.82) is 0 Å². The van der Waals surface area contributed by atoms with Gasteiger partial charge in [-0.1, -0.05) is 23.7 Å². The average molecular weight is 369 g/mol. The van der Waals surface area contributed by atoms with Gasteiger partial charge in [0.15, 0.2) is 5.82 Å². The summed E-state index contributed by atoms with van der Waals surface area (Å²) in [5.74, 6) is 0.939. The zero-order valence-electron chi connectivity index (χ0n) is 14.9. The van der Waals surface area contributed by atoms with E-state index in [2.05, 4.69) is 43.9 Å². The van der Waals surface area contributed by atoms with Crippen molar-refractivity contribution in [2.75, 3.05) is 31.6 Å². The van der Waals surface area contributed by atoms with Crippen LogP contribution in [0.15, 0.2) is 42.9 Å². The Bertz CT molecular complexity index is 877. The van der Waals surface area contributed by atoms with E-state index in [1.54, 1.807) is 12.5 Å². The lowest BCUT2D eigenvalue weighted by Gasteiger charge is -2.38. The fraction of sp³-hybridized carbons (Fsp3) is 0.316. The Balaban J connectivity index is 1.81. The predicted molar refractivity (Wildman–Crippen MR) is 104 cm³/mol.